The Morgan fingerprint density at radius 2 is 0.647 bits per heavy atom. The highest BCUT2D eigenvalue weighted by molar-refractivity contribution is 5.71. The van der Waals surface area contributed by atoms with Crippen LogP contribution in [0.5, 0.6) is 0 Å². The summed E-state index contributed by atoms with van der Waals surface area (Å²) in [6, 6.07) is 0. The van der Waals surface area contributed by atoms with E-state index in [0.29, 0.717) is 19.3 Å². The zero-order valence-electron chi connectivity index (χ0n) is 43.8. The fourth-order valence-corrected chi connectivity index (χ4v) is 7.18. The van der Waals surface area contributed by atoms with Crippen LogP contribution < -0.4 is 0 Å². The van der Waals surface area contributed by atoms with Crippen molar-refractivity contribution in [2.75, 3.05) is 13.2 Å². The third-order valence-corrected chi connectivity index (χ3v) is 11.3. The summed E-state index contributed by atoms with van der Waals surface area (Å²) >= 11 is 0. The molecule has 0 amide bonds. The smallest absolute Gasteiger partial charge is 0.306 e. The Kier molecular flexibility index (Phi) is 52.0. The van der Waals surface area contributed by atoms with Crippen LogP contribution in [0.2, 0.25) is 0 Å². The number of ether oxygens (including phenoxy) is 3. The van der Waals surface area contributed by atoms with Crippen LogP contribution in [0.15, 0.2) is 122 Å². The van der Waals surface area contributed by atoms with Crippen molar-refractivity contribution < 1.29 is 28.6 Å². The second-order valence-electron chi connectivity index (χ2n) is 17.8. The van der Waals surface area contributed by atoms with Gasteiger partial charge in [-0.1, -0.05) is 226 Å². The van der Waals surface area contributed by atoms with Gasteiger partial charge in [0.25, 0.3) is 0 Å². The Hall–Kier alpha value is -4.19. The number of allylic oxidation sites excluding steroid dienone is 20. The molecule has 6 heteroatoms. The molecule has 0 aromatic heterocycles. The molecule has 0 aliphatic heterocycles. The van der Waals surface area contributed by atoms with E-state index >= 15 is 0 Å². The molecular weight excluding hydrogens is 841 g/mol. The molecule has 0 aromatic carbocycles. The predicted molar refractivity (Wildman–Crippen MR) is 293 cm³/mol. The Morgan fingerprint density at radius 3 is 1.10 bits per heavy atom. The molecular formula is C62H100O6. The molecule has 1 atom stereocenters. The number of carbonyl (C=O) groups is 3. The molecule has 0 aliphatic rings. The zero-order valence-corrected chi connectivity index (χ0v) is 43.8. The van der Waals surface area contributed by atoms with Crippen LogP contribution in [0.1, 0.15) is 233 Å². The van der Waals surface area contributed by atoms with Gasteiger partial charge in [0, 0.05) is 19.3 Å². The van der Waals surface area contributed by atoms with Crippen LogP contribution in [0.4, 0.5) is 0 Å². The maximum absolute atomic E-state index is 12.8. The molecule has 0 aliphatic carbocycles. The van der Waals surface area contributed by atoms with Crippen LogP contribution in [0.3, 0.4) is 0 Å². The van der Waals surface area contributed by atoms with Crippen LogP contribution in [-0.2, 0) is 28.6 Å². The van der Waals surface area contributed by atoms with Crippen LogP contribution in [-0.4, -0.2) is 37.2 Å². The van der Waals surface area contributed by atoms with Crippen molar-refractivity contribution in [3.05, 3.63) is 122 Å². The first kappa shape index (κ1) is 63.8. The van der Waals surface area contributed by atoms with Crippen molar-refractivity contribution in [3.8, 4) is 0 Å². The molecule has 0 heterocycles. The van der Waals surface area contributed by atoms with Gasteiger partial charge in [-0.15, -0.1) is 0 Å². The summed E-state index contributed by atoms with van der Waals surface area (Å²) in [6.07, 6.45) is 76.1. The Morgan fingerprint density at radius 1 is 0.324 bits per heavy atom. The molecule has 384 valence electrons. The minimum Gasteiger partial charge on any atom is -0.462 e. The van der Waals surface area contributed by atoms with E-state index in [1.54, 1.807) is 0 Å². The summed E-state index contributed by atoms with van der Waals surface area (Å²) in [5, 5.41) is 0. The molecule has 68 heavy (non-hydrogen) atoms. The SMILES string of the molecule is CC\C=C/C=C\C=C/C=C\CCCCCCCC(=O)OCC(COC(=O)CCCCC/C=C\C/C=C\C/C=C\C/C=C\C/C=C\CC)OC(=O)CCCCCCC/C=C\CCCCCCCCC. The van der Waals surface area contributed by atoms with E-state index in [2.05, 4.69) is 124 Å². The zero-order chi connectivity index (χ0) is 49.3. The van der Waals surface area contributed by atoms with Gasteiger partial charge < -0.3 is 14.2 Å². The maximum atomic E-state index is 12.8. The van der Waals surface area contributed by atoms with Gasteiger partial charge in [0.1, 0.15) is 13.2 Å². The lowest BCUT2D eigenvalue weighted by Gasteiger charge is -2.18. The van der Waals surface area contributed by atoms with Gasteiger partial charge in [-0.3, -0.25) is 14.4 Å². The fraction of sp³-hybridized carbons (Fsp3) is 0.629. The van der Waals surface area contributed by atoms with E-state index < -0.39 is 6.10 Å². The monoisotopic (exact) mass is 941 g/mol. The van der Waals surface area contributed by atoms with Crippen LogP contribution in [0.25, 0.3) is 0 Å². The minimum atomic E-state index is -0.810. The van der Waals surface area contributed by atoms with Crippen LogP contribution >= 0.6 is 0 Å². The Labute approximate surface area is 418 Å². The lowest BCUT2D eigenvalue weighted by Crippen LogP contribution is -2.30. The highest BCUT2D eigenvalue weighted by Crippen LogP contribution is 2.13. The van der Waals surface area contributed by atoms with Gasteiger partial charge in [0.15, 0.2) is 6.10 Å². The third-order valence-electron chi connectivity index (χ3n) is 11.3. The molecule has 1 unspecified atom stereocenters. The lowest BCUT2D eigenvalue weighted by molar-refractivity contribution is -0.167. The molecule has 0 radical (unpaired) electrons. The van der Waals surface area contributed by atoms with E-state index in [4.69, 9.17) is 14.2 Å². The summed E-state index contributed by atoms with van der Waals surface area (Å²) in [6.45, 7) is 6.32. The normalized spacial score (nSPS) is 13.0. The van der Waals surface area contributed by atoms with Gasteiger partial charge in [0.05, 0.1) is 0 Å². The molecule has 0 saturated heterocycles. The maximum Gasteiger partial charge on any atom is 0.306 e. The minimum absolute atomic E-state index is 0.108. The predicted octanol–water partition coefficient (Wildman–Crippen LogP) is 18.5. The average Bonchev–Trinajstić information content (AvgIpc) is 3.34. The molecule has 6 nitrogen and oxygen atoms in total. The lowest BCUT2D eigenvalue weighted by atomic mass is 10.1. The fourth-order valence-electron chi connectivity index (χ4n) is 7.18. The number of rotatable bonds is 48. The summed E-state index contributed by atoms with van der Waals surface area (Å²) < 4.78 is 16.8. The van der Waals surface area contributed by atoms with Gasteiger partial charge in [0.2, 0.25) is 0 Å². The van der Waals surface area contributed by atoms with Gasteiger partial charge in [-0.2, -0.15) is 0 Å². The highest BCUT2D eigenvalue weighted by Gasteiger charge is 2.19. The number of unbranched alkanes of at least 4 members (excludes halogenated alkanes) is 20. The second-order valence-corrected chi connectivity index (χ2v) is 17.8. The largest absolute Gasteiger partial charge is 0.462 e. The molecule has 0 saturated carbocycles. The van der Waals surface area contributed by atoms with E-state index in [1.165, 1.54) is 57.8 Å². The van der Waals surface area contributed by atoms with Crippen molar-refractivity contribution >= 4 is 17.9 Å². The van der Waals surface area contributed by atoms with Gasteiger partial charge in [-0.25, -0.2) is 0 Å². The first-order valence-corrected chi connectivity index (χ1v) is 27.6. The highest BCUT2D eigenvalue weighted by atomic mass is 16.6. The van der Waals surface area contributed by atoms with E-state index in [1.807, 2.05) is 18.2 Å². The molecule has 0 rings (SSSR count). The quantitative estimate of drug-likeness (QED) is 0.0199. The van der Waals surface area contributed by atoms with Crippen molar-refractivity contribution in [1.29, 1.82) is 0 Å². The summed E-state index contributed by atoms with van der Waals surface area (Å²) in [4.78, 5) is 38.1. The standard InChI is InChI=1S/C62H100O6/c1-4-7-10-13-16-19-22-25-28-30-31-32-35-37-40-43-46-49-52-55-61(64)67-58-59(57-66-60(63)54-51-48-45-42-39-36-33-27-24-21-18-15-12-9-6-3)68-62(65)56-53-50-47-44-41-38-34-29-26-23-20-17-14-11-8-5-2/h7,9-10,12,15-16,18-19,21,24-25,27-29,31-34,37,40,59H,4-6,8,11,13-14,17,20,22-23,26,30,35-36,38-39,41-58H2,1-3H3/b10-7-,12-9-,18-15-,19-16-,24-21-,28-25-,32-31-,33-27-,34-29-,40-37-. The number of hydrogen-bond acceptors (Lipinski definition) is 6. The third kappa shape index (κ3) is 52.8. The Balaban J connectivity index is 4.52. The summed E-state index contributed by atoms with van der Waals surface area (Å²) in [5.41, 5.74) is 0. The van der Waals surface area contributed by atoms with E-state index in [0.717, 1.165) is 135 Å². The van der Waals surface area contributed by atoms with Crippen LogP contribution in [0, 0.1) is 0 Å². The van der Waals surface area contributed by atoms with Crippen molar-refractivity contribution in [3.63, 3.8) is 0 Å². The number of carbonyl (C=O) groups excluding carboxylic acids is 3. The van der Waals surface area contributed by atoms with Gasteiger partial charge in [-0.05, 0) is 109 Å². The first-order valence-electron chi connectivity index (χ1n) is 27.6. The second kappa shape index (κ2) is 55.4. The molecule has 0 N–H and O–H groups in total. The van der Waals surface area contributed by atoms with Crippen molar-refractivity contribution in [2.45, 2.75) is 239 Å². The number of hydrogen-bond donors (Lipinski definition) is 0. The van der Waals surface area contributed by atoms with E-state index in [-0.39, 0.29) is 31.1 Å². The van der Waals surface area contributed by atoms with Crippen molar-refractivity contribution in [1.82, 2.24) is 0 Å². The number of esters is 3. The molecule has 0 bridgehead atoms. The Bertz CT molecular complexity index is 1450. The molecule has 0 spiro atoms. The van der Waals surface area contributed by atoms with Crippen molar-refractivity contribution in [2.24, 2.45) is 0 Å². The topological polar surface area (TPSA) is 78.9 Å². The average molecular weight is 941 g/mol. The first-order chi connectivity index (χ1) is 33.5. The molecule has 0 fully saturated rings. The summed E-state index contributed by atoms with van der Waals surface area (Å²) in [7, 11) is 0. The van der Waals surface area contributed by atoms with E-state index in [9.17, 15) is 14.4 Å². The summed E-state index contributed by atoms with van der Waals surface area (Å²) in [5.74, 6) is -0.973. The molecule has 0 aromatic rings. The van der Waals surface area contributed by atoms with Gasteiger partial charge >= 0.3 is 17.9 Å².